The van der Waals surface area contributed by atoms with Gasteiger partial charge < -0.3 is 4.90 Å². The average molecular weight is 832 g/mol. The van der Waals surface area contributed by atoms with Crippen LogP contribution in [-0.2, 0) is 10.8 Å². The average Bonchev–Trinajstić information content (AvgIpc) is 3.77. The van der Waals surface area contributed by atoms with Gasteiger partial charge in [0.1, 0.15) is 0 Å². The first-order valence-electron chi connectivity index (χ1n) is 22.9. The molecule has 1 nitrogen and oxygen atoms in total. The van der Waals surface area contributed by atoms with Crippen molar-refractivity contribution in [1.82, 2.24) is 0 Å². The van der Waals surface area contributed by atoms with E-state index in [1.807, 2.05) is 0 Å². The van der Waals surface area contributed by atoms with Crippen molar-refractivity contribution in [2.75, 3.05) is 4.90 Å². The fourth-order valence-electron chi connectivity index (χ4n) is 11.5. The fraction of sp³-hybridized carbons (Fsp3) is 0.0938. The molecule has 310 valence electrons. The third kappa shape index (κ3) is 5.92. The van der Waals surface area contributed by atoms with Gasteiger partial charge >= 0.3 is 0 Å². The molecule has 65 heavy (non-hydrogen) atoms. The number of fused-ring (bicyclic) bond motifs is 7. The van der Waals surface area contributed by atoms with Crippen molar-refractivity contribution in [3.05, 3.63) is 269 Å². The van der Waals surface area contributed by atoms with Crippen LogP contribution in [0.3, 0.4) is 0 Å². The summed E-state index contributed by atoms with van der Waals surface area (Å²) in [6.07, 6.45) is 0. The number of rotatable bonds is 7. The van der Waals surface area contributed by atoms with Crippen LogP contribution in [0.15, 0.2) is 224 Å². The molecule has 0 fully saturated rings. The van der Waals surface area contributed by atoms with E-state index >= 15 is 0 Å². The zero-order chi connectivity index (χ0) is 43.9. The maximum absolute atomic E-state index is 2.57. The molecule has 1 heteroatoms. The van der Waals surface area contributed by atoms with Crippen LogP contribution in [0.5, 0.6) is 0 Å². The third-order valence-corrected chi connectivity index (χ3v) is 14.6. The first kappa shape index (κ1) is 38.9. The molecule has 0 radical (unpaired) electrons. The Morgan fingerprint density at radius 3 is 1.52 bits per heavy atom. The molecule has 0 heterocycles. The predicted molar refractivity (Wildman–Crippen MR) is 274 cm³/mol. The van der Waals surface area contributed by atoms with Gasteiger partial charge in [0.2, 0.25) is 0 Å². The van der Waals surface area contributed by atoms with E-state index < -0.39 is 5.41 Å². The molecule has 0 saturated carbocycles. The Kier molecular flexibility index (Phi) is 8.94. The molecule has 0 aromatic heterocycles. The maximum Gasteiger partial charge on any atom is 0.0714 e. The zero-order valence-corrected chi connectivity index (χ0v) is 37.3. The van der Waals surface area contributed by atoms with Gasteiger partial charge in [-0.2, -0.15) is 0 Å². The molecule has 0 spiro atoms. The van der Waals surface area contributed by atoms with Crippen molar-refractivity contribution in [3.8, 4) is 44.5 Å². The van der Waals surface area contributed by atoms with E-state index in [0.717, 1.165) is 11.4 Å². The van der Waals surface area contributed by atoms with E-state index in [-0.39, 0.29) is 5.41 Å². The van der Waals surface area contributed by atoms with Crippen molar-refractivity contribution < 1.29 is 0 Å². The lowest BCUT2D eigenvalue weighted by atomic mass is 9.67. The highest BCUT2D eigenvalue weighted by molar-refractivity contribution is 5.97. The highest BCUT2D eigenvalue weighted by atomic mass is 15.1. The smallest absolute Gasteiger partial charge is 0.0714 e. The van der Waals surface area contributed by atoms with E-state index in [0.29, 0.717) is 0 Å². The standard InChI is InChI=1S/C64H49N/c1-42-19-11-14-26-52(42)57-39-47(46-32-31-44-20-12-13-21-45(44)38-46)37-43(2)62(57)65(50-33-35-55-53-27-15-17-29-58(53)63(3,4)60(55)40-50)51-34-36-56-54-28-16-18-30-59(54)64(61(56)41-51,48-22-7-5-8-23-48)49-24-9-6-10-25-49/h5-41H,1-4H3. The van der Waals surface area contributed by atoms with Gasteiger partial charge in [0.05, 0.1) is 11.1 Å². The van der Waals surface area contributed by atoms with Crippen LogP contribution in [0.2, 0.25) is 0 Å². The summed E-state index contributed by atoms with van der Waals surface area (Å²) in [5, 5.41) is 2.49. The third-order valence-electron chi connectivity index (χ3n) is 14.6. The van der Waals surface area contributed by atoms with E-state index in [1.54, 1.807) is 0 Å². The summed E-state index contributed by atoms with van der Waals surface area (Å²) in [5.74, 6) is 0. The number of benzene rings is 10. The Morgan fingerprint density at radius 1 is 0.323 bits per heavy atom. The molecule has 0 unspecified atom stereocenters. The highest BCUT2D eigenvalue weighted by Gasteiger charge is 2.46. The molecule has 2 aliphatic rings. The lowest BCUT2D eigenvalue weighted by molar-refractivity contribution is 0.660. The minimum Gasteiger partial charge on any atom is -0.310 e. The van der Waals surface area contributed by atoms with Crippen molar-refractivity contribution in [2.24, 2.45) is 0 Å². The van der Waals surface area contributed by atoms with Gasteiger partial charge in [0.25, 0.3) is 0 Å². The van der Waals surface area contributed by atoms with Crippen molar-refractivity contribution >= 4 is 27.8 Å². The number of hydrogen-bond donors (Lipinski definition) is 0. The summed E-state index contributed by atoms with van der Waals surface area (Å²) in [6.45, 7) is 9.32. The summed E-state index contributed by atoms with van der Waals surface area (Å²) in [4.78, 5) is 2.57. The largest absolute Gasteiger partial charge is 0.310 e. The molecule has 0 saturated heterocycles. The van der Waals surface area contributed by atoms with Crippen LogP contribution >= 0.6 is 0 Å². The van der Waals surface area contributed by atoms with E-state index in [4.69, 9.17) is 0 Å². The van der Waals surface area contributed by atoms with E-state index in [9.17, 15) is 0 Å². The minimum absolute atomic E-state index is 0.170. The second-order valence-corrected chi connectivity index (χ2v) is 18.6. The van der Waals surface area contributed by atoms with Crippen LogP contribution in [0.1, 0.15) is 58.4 Å². The first-order chi connectivity index (χ1) is 31.8. The van der Waals surface area contributed by atoms with Gasteiger partial charge in [-0.3, -0.25) is 0 Å². The molecule has 12 rings (SSSR count). The predicted octanol–water partition coefficient (Wildman–Crippen LogP) is 16.9. The Bertz CT molecular complexity index is 3440. The van der Waals surface area contributed by atoms with Crippen LogP contribution in [0.4, 0.5) is 17.1 Å². The fourth-order valence-corrected chi connectivity index (χ4v) is 11.5. The lowest BCUT2D eigenvalue weighted by Crippen LogP contribution is -2.28. The Balaban J connectivity index is 1.16. The molecule has 10 aromatic rings. The molecule has 0 atom stereocenters. The summed E-state index contributed by atoms with van der Waals surface area (Å²) in [6, 6.07) is 84.1. The molecule has 0 aliphatic heterocycles. The summed E-state index contributed by atoms with van der Waals surface area (Å²) < 4.78 is 0. The van der Waals surface area contributed by atoms with Crippen LogP contribution in [0.25, 0.3) is 55.3 Å². The minimum atomic E-state index is -0.536. The SMILES string of the molecule is Cc1ccccc1-c1cc(-c2ccc3ccccc3c2)cc(C)c1N(c1ccc2c(c1)C(C)(C)c1ccccc1-2)c1ccc2c(c1)C(c1ccccc1)(c1ccccc1)c1ccccc1-2. The second-order valence-electron chi connectivity index (χ2n) is 18.6. The molecule has 0 amide bonds. The number of aryl methyl sites for hydroxylation is 2. The normalized spacial score (nSPS) is 13.8. The lowest BCUT2D eigenvalue weighted by Gasteiger charge is -2.35. The van der Waals surface area contributed by atoms with Crippen LogP contribution < -0.4 is 4.90 Å². The number of hydrogen-bond acceptors (Lipinski definition) is 1. The molecule has 10 aromatic carbocycles. The quantitative estimate of drug-likeness (QED) is 0.155. The Morgan fingerprint density at radius 2 is 0.846 bits per heavy atom. The second kappa shape index (κ2) is 14.9. The van der Waals surface area contributed by atoms with E-state index in [1.165, 1.54) is 105 Å². The van der Waals surface area contributed by atoms with Gasteiger partial charge in [-0.1, -0.05) is 196 Å². The first-order valence-corrected chi connectivity index (χ1v) is 22.9. The summed E-state index contributed by atoms with van der Waals surface area (Å²) >= 11 is 0. The molecule has 2 aliphatic carbocycles. The van der Waals surface area contributed by atoms with Crippen molar-refractivity contribution in [1.29, 1.82) is 0 Å². The van der Waals surface area contributed by atoms with Gasteiger partial charge in [-0.25, -0.2) is 0 Å². The van der Waals surface area contributed by atoms with Gasteiger partial charge in [-0.05, 0) is 151 Å². The maximum atomic E-state index is 2.57. The number of anilines is 3. The highest BCUT2D eigenvalue weighted by Crippen LogP contribution is 2.58. The van der Waals surface area contributed by atoms with Gasteiger partial charge in [0, 0.05) is 22.4 Å². The Hall–Kier alpha value is -7.74. The molecule has 0 bridgehead atoms. The van der Waals surface area contributed by atoms with Crippen LogP contribution in [0, 0.1) is 13.8 Å². The molecular weight excluding hydrogens is 783 g/mol. The topological polar surface area (TPSA) is 3.24 Å². The monoisotopic (exact) mass is 831 g/mol. The molecule has 0 N–H and O–H groups in total. The Labute approximate surface area is 383 Å². The summed E-state index contributed by atoms with van der Waals surface area (Å²) in [7, 11) is 0. The number of nitrogens with zero attached hydrogens (tertiary/aromatic N) is 1. The van der Waals surface area contributed by atoms with Gasteiger partial charge in [0.15, 0.2) is 0 Å². The van der Waals surface area contributed by atoms with Crippen molar-refractivity contribution in [3.63, 3.8) is 0 Å². The summed E-state index contributed by atoms with van der Waals surface area (Å²) in [5.41, 5.74) is 23.1. The molecular formula is C64H49N. The zero-order valence-electron chi connectivity index (χ0n) is 37.3. The van der Waals surface area contributed by atoms with E-state index in [2.05, 4.69) is 257 Å². The van der Waals surface area contributed by atoms with Gasteiger partial charge in [-0.15, -0.1) is 0 Å². The van der Waals surface area contributed by atoms with Crippen molar-refractivity contribution in [2.45, 2.75) is 38.5 Å². The van der Waals surface area contributed by atoms with Crippen LogP contribution in [-0.4, -0.2) is 0 Å².